The number of nitrogens with zero attached hydrogens (tertiary/aromatic N) is 6. The highest BCUT2D eigenvalue weighted by Crippen LogP contribution is 2.47. The van der Waals surface area contributed by atoms with Gasteiger partial charge in [0.2, 0.25) is 0 Å². The first kappa shape index (κ1) is 19.9. The van der Waals surface area contributed by atoms with Crippen molar-refractivity contribution in [1.82, 2.24) is 23.6 Å². The third kappa shape index (κ3) is 3.44. The van der Waals surface area contributed by atoms with Crippen LogP contribution in [-0.4, -0.2) is 64.2 Å². The third-order valence-electron chi connectivity index (χ3n) is 6.21. The summed E-state index contributed by atoms with van der Waals surface area (Å²) in [5.74, 6) is 0.848. The molecule has 10 heteroatoms. The van der Waals surface area contributed by atoms with Crippen molar-refractivity contribution in [3.8, 4) is 6.07 Å². The molecule has 2 fully saturated rings. The summed E-state index contributed by atoms with van der Waals surface area (Å²) in [6.45, 7) is 1.87. The number of anilines is 1. The zero-order chi connectivity index (χ0) is 21.6. The molecular weight excluding hydrogens is 414 g/mol. The summed E-state index contributed by atoms with van der Waals surface area (Å²) in [6.07, 6.45) is 5.07. The largest absolute Gasteiger partial charge is 0.353 e. The van der Waals surface area contributed by atoms with Gasteiger partial charge in [0, 0.05) is 39.4 Å². The monoisotopic (exact) mass is 437 g/mol. The molecule has 0 atom stereocenters. The van der Waals surface area contributed by atoms with Crippen molar-refractivity contribution in [3.63, 3.8) is 0 Å². The van der Waals surface area contributed by atoms with Crippen molar-refractivity contribution in [2.45, 2.75) is 24.9 Å². The van der Waals surface area contributed by atoms with Gasteiger partial charge in [-0.25, -0.2) is 9.97 Å². The molecule has 1 spiro atoms. The smallest absolute Gasteiger partial charge is 0.282 e. The number of benzene rings is 1. The number of piperazine rings is 1. The SMILES string of the molecule is CN(Cc1ccc(C#N)cc1)S(=O)(=O)N1CCN(c2ncnc3[nH]ccc23)CC12CC2. The van der Waals surface area contributed by atoms with Crippen LogP contribution < -0.4 is 4.90 Å². The van der Waals surface area contributed by atoms with Crippen LogP contribution in [0, 0.1) is 11.3 Å². The summed E-state index contributed by atoms with van der Waals surface area (Å²) in [5, 5.41) is 9.90. The van der Waals surface area contributed by atoms with Crippen LogP contribution in [0.4, 0.5) is 5.82 Å². The fraction of sp³-hybridized carbons (Fsp3) is 0.381. The van der Waals surface area contributed by atoms with Gasteiger partial charge in [-0.15, -0.1) is 0 Å². The average Bonchev–Trinajstić information content (AvgIpc) is 3.34. The molecule has 1 aliphatic carbocycles. The molecule has 1 aromatic carbocycles. The van der Waals surface area contributed by atoms with Gasteiger partial charge in [-0.3, -0.25) is 0 Å². The molecule has 2 aliphatic rings. The van der Waals surface area contributed by atoms with Gasteiger partial charge in [-0.1, -0.05) is 12.1 Å². The maximum Gasteiger partial charge on any atom is 0.282 e. The quantitative estimate of drug-likeness (QED) is 0.653. The maximum absolute atomic E-state index is 13.4. The number of hydrogen-bond acceptors (Lipinski definition) is 6. The fourth-order valence-electron chi connectivity index (χ4n) is 4.36. The Kier molecular flexibility index (Phi) is 4.69. The molecule has 5 rings (SSSR count). The van der Waals surface area contributed by atoms with Crippen molar-refractivity contribution in [1.29, 1.82) is 5.26 Å². The summed E-state index contributed by atoms with van der Waals surface area (Å²) in [6, 6.07) is 11.1. The first-order valence-corrected chi connectivity index (χ1v) is 11.6. The molecule has 2 aromatic heterocycles. The lowest BCUT2D eigenvalue weighted by atomic mass is 10.1. The molecule has 1 saturated heterocycles. The molecule has 0 unspecified atom stereocenters. The van der Waals surface area contributed by atoms with Crippen LogP contribution in [-0.2, 0) is 16.8 Å². The lowest BCUT2D eigenvalue weighted by Crippen LogP contribution is -2.59. The Morgan fingerprint density at radius 1 is 1.19 bits per heavy atom. The molecule has 0 radical (unpaired) electrons. The number of fused-ring (bicyclic) bond motifs is 1. The summed E-state index contributed by atoms with van der Waals surface area (Å²) < 4.78 is 29.9. The fourth-order valence-corrected chi connectivity index (χ4v) is 6.05. The van der Waals surface area contributed by atoms with Crippen LogP contribution in [0.5, 0.6) is 0 Å². The molecular formula is C21H23N7O2S. The van der Waals surface area contributed by atoms with Crippen LogP contribution in [0.25, 0.3) is 11.0 Å². The van der Waals surface area contributed by atoms with Gasteiger partial charge in [0.1, 0.15) is 17.8 Å². The lowest BCUT2D eigenvalue weighted by molar-refractivity contribution is 0.250. The van der Waals surface area contributed by atoms with E-state index in [0.717, 1.165) is 35.3 Å². The number of nitriles is 1. The standard InChI is InChI=1S/C21H23N7O2S/c1-26(13-17-4-2-16(12-22)3-5-17)31(29,30)28-11-10-27(14-21(28)7-8-21)20-18-6-9-23-19(18)24-15-25-20/h2-6,9,15H,7-8,10-11,13-14H2,1H3,(H,23,24,25). The Hall–Kier alpha value is -3.00. The first-order chi connectivity index (χ1) is 14.9. The highest BCUT2D eigenvalue weighted by atomic mass is 32.2. The molecule has 31 heavy (non-hydrogen) atoms. The van der Waals surface area contributed by atoms with E-state index in [2.05, 4.69) is 25.9 Å². The Morgan fingerprint density at radius 2 is 1.97 bits per heavy atom. The van der Waals surface area contributed by atoms with Crippen LogP contribution >= 0.6 is 0 Å². The van der Waals surface area contributed by atoms with E-state index in [0.29, 0.717) is 25.2 Å². The molecule has 3 aromatic rings. The Balaban J connectivity index is 1.35. The maximum atomic E-state index is 13.4. The van der Waals surface area contributed by atoms with Gasteiger partial charge < -0.3 is 9.88 Å². The van der Waals surface area contributed by atoms with Crippen molar-refractivity contribution in [2.24, 2.45) is 0 Å². The summed E-state index contributed by atoms with van der Waals surface area (Å²) >= 11 is 0. The van der Waals surface area contributed by atoms with Crippen molar-refractivity contribution < 1.29 is 8.42 Å². The van der Waals surface area contributed by atoms with Crippen molar-refractivity contribution >= 4 is 27.1 Å². The lowest BCUT2D eigenvalue weighted by Gasteiger charge is -2.43. The molecule has 9 nitrogen and oxygen atoms in total. The zero-order valence-electron chi connectivity index (χ0n) is 17.2. The number of hydrogen-bond donors (Lipinski definition) is 1. The predicted molar refractivity (Wildman–Crippen MR) is 116 cm³/mol. The van der Waals surface area contributed by atoms with E-state index in [1.807, 2.05) is 12.3 Å². The normalized spacial score (nSPS) is 18.5. The topological polar surface area (TPSA) is 109 Å². The Morgan fingerprint density at radius 3 is 2.68 bits per heavy atom. The highest BCUT2D eigenvalue weighted by molar-refractivity contribution is 7.86. The van der Waals surface area contributed by atoms with E-state index in [9.17, 15) is 8.42 Å². The third-order valence-corrected chi connectivity index (χ3v) is 8.25. The van der Waals surface area contributed by atoms with Gasteiger partial charge in [0.15, 0.2) is 0 Å². The van der Waals surface area contributed by atoms with Crippen LogP contribution in [0.3, 0.4) is 0 Å². The second-order valence-electron chi connectivity index (χ2n) is 8.23. The second kappa shape index (κ2) is 7.30. The summed E-state index contributed by atoms with van der Waals surface area (Å²) in [4.78, 5) is 14.0. The Bertz CT molecular complexity index is 1260. The van der Waals surface area contributed by atoms with E-state index in [1.165, 1.54) is 4.31 Å². The molecule has 1 aliphatic heterocycles. The molecule has 160 valence electrons. The number of aromatic amines is 1. The van der Waals surface area contributed by atoms with Crippen LogP contribution in [0.2, 0.25) is 0 Å². The van der Waals surface area contributed by atoms with Gasteiger partial charge >= 0.3 is 0 Å². The molecule has 3 heterocycles. The number of aromatic nitrogens is 3. The predicted octanol–water partition coefficient (Wildman–Crippen LogP) is 1.86. The minimum Gasteiger partial charge on any atom is -0.353 e. The van der Waals surface area contributed by atoms with Crippen LogP contribution in [0.1, 0.15) is 24.0 Å². The van der Waals surface area contributed by atoms with Crippen molar-refractivity contribution in [3.05, 3.63) is 54.0 Å². The molecule has 1 N–H and O–H groups in total. The Labute approximate surface area is 181 Å². The second-order valence-corrected chi connectivity index (χ2v) is 10.2. The molecule has 0 bridgehead atoms. The van der Waals surface area contributed by atoms with Gasteiger partial charge in [-0.05, 0) is 36.6 Å². The minimum atomic E-state index is -3.62. The highest BCUT2D eigenvalue weighted by Gasteiger charge is 2.56. The van der Waals surface area contributed by atoms with E-state index in [1.54, 1.807) is 41.9 Å². The van der Waals surface area contributed by atoms with E-state index < -0.39 is 10.2 Å². The number of H-pyrrole nitrogens is 1. The number of nitrogens with one attached hydrogen (secondary N) is 1. The van der Waals surface area contributed by atoms with Gasteiger partial charge in [0.25, 0.3) is 10.2 Å². The van der Waals surface area contributed by atoms with E-state index in [4.69, 9.17) is 5.26 Å². The molecule has 0 amide bonds. The first-order valence-electron chi connectivity index (χ1n) is 10.2. The average molecular weight is 438 g/mol. The summed E-state index contributed by atoms with van der Waals surface area (Å²) in [7, 11) is -2.01. The van der Waals surface area contributed by atoms with E-state index >= 15 is 0 Å². The molecule has 1 saturated carbocycles. The minimum absolute atomic E-state index is 0.264. The summed E-state index contributed by atoms with van der Waals surface area (Å²) in [5.41, 5.74) is 1.81. The van der Waals surface area contributed by atoms with Gasteiger partial charge in [0.05, 0.1) is 22.6 Å². The van der Waals surface area contributed by atoms with E-state index in [-0.39, 0.29) is 12.1 Å². The zero-order valence-corrected chi connectivity index (χ0v) is 18.0. The van der Waals surface area contributed by atoms with Gasteiger partial charge in [-0.2, -0.15) is 22.3 Å². The van der Waals surface area contributed by atoms with Crippen LogP contribution in [0.15, 0.2) is 42.9 Å². The van der Waals surface area contributed by atoms with Crippen molar-refractivity contribution in [2.75, 3.05) is 31.6 Å². The number of rotatable bonds is 5.